The monoisotopic (exact) mass is 199 g/mol. The van der Waals surface area contributed by atoms with Crippen molar-refractivity contribution in [3.8, 4) is 0 Å². The van der Waals surface area contributed by atoms with Gasteiger partial charge in [0.25, 0.3) is 0 Å². The number of nitrogens with zero attached hydrogens (tertiary/aromatic N) is 1. The minimum Gasteiger partial charge on any atom is -0.469 e. The Kier molecular flexibility index (Phi) is 6.45. The molecule has 0 N–H and O–H groups in total. The van der Waals surface area contributed by atoms with Gasteiger partial charge in [0, 0.05) is 13.1 Å². The third-order valence-electron chi connectivity index (χ3n) is 1.79. The predicted molar refractivity (Wildman–Crippen MR) is 53.7 cm³/mol. The van der Waals surface area contributed by atoms with Crippen LogP contribution in [0.5, 0.6) is 0 Å². The first kappa shape index (κ1) is 12.7. The molecule has 0 aromatic carbocycles. The van der Waals surface area contributed by atoms with Gasteiger partial charge >= 0.3 is 5.97 Å². The van der Waals surface area contributed by atoms with Crippen LogP contribution >= 0.6 is 0 Å². The zero-order valence-electron chi connectivity index (χ0n) is 8.78. The molecule has 1 amide bonds. The molecule has 0 atom stereocenters. The van der Waals surface area contributed by atoms with Crippen LogP contribution in [0.15, 0.2) is 12.7 Å². The molecule has 4 heteroatoms. The van der Waals surface area contributed by atoms with Gasteiger partial charge in [-0.1, -0.05) is 13.5 Å². The van der Waals surface area contributed by atoms with E-state index in [1.54, 1.807) is 4.90 Å². The van der Waals surface area contributed by atoms with Gasteiger partial charge in [-0.2, -0.15) is 0 Å². The van der Waals surface area contributed by atoms with Crippen molar-refractivity contribution < 1.29 is 14.3 Å². The molecule has 14 heavy (non-hydrogen) atoms. The molecule has 0 bridgehead atoms. The van der Waals surface area contributed by atoms with Gasteiger partial charge in [-0.25, -0.2) is 0 Å². The van der Waals surface area contributed by atoms with Gasteiger partial charge in [-0.3, -0.25) is 9.59 Å². The van der Waals surface area contributed by atoms with E-state index < -0.39 is 0 Å². The van der Waals surface area contributed by atoms with E-state index in [2.05, 4.69) is 11.3 Å². The second kappa shape index (κ2) is 7.12. The van der Waals surface area contributed by atoms with Crippen LogP contribution in [-0.2, 0) is 14.3 Å². The molecule has 0 aromatic rings. The molecule has 0 aliphatic heterocycles. The summed E-state index contributed by atoms with van der Waals surface area (Å²) in [6.45, 7) is 6.41. The Morgan fingerprint density at radius 2 is 2.07 bits per heavy atom. The van der Waals surface area contributed by atoms with Gasteiger partial charge in [-0.05, 0) is 12.5 Å². The molecule has 0 aliphatic carbocycles. The maximum atomic E-state index is 11.3. The number of carbonyl (C=O) groups excluding carboxylic acids is 2. The summed E-state index contributed by atoms with van der Waals surface area (Å²) in [5, 5.41) is 0. The van der Waals surface area contributed by atoms with Crippen LogP contribution in [0.3, 0.4) is 0 Å². The number of hydrogen-bond acceptors (Lipinski definition) is 3. The van der Waals surface area contributed by atoms with E-state index in [9.17, 15) is 9.59 Å². The van der Waals surface area contributed by atoms with Crippen LogP contribution in [-0.4, -0.2) is 37.0 Å². The quantitative estimate of drug-likeness (QED) is 0.473. The summed E-state index contributed by atoms with van der Waals surface area (Å²) in [5.74, 6) is -0.446. The van der Waals surface area contributed by atoms with E-state index in [4.69, 9.17) is 0 Å². The van der Waals surface area contributed by atoms with E-state index in [-0.39, 0.29) is 18.3 Å². The third kappa shape index (κ3) is 4.64. The molecular formula is C10H17NO3. The summed E-state index contributed by atoms with van der Waals surface area (Å²) < 4.78 is 4.49. The van der Waals surface area contributed by atoms with Gasteiger partial charge in [0.15, 0.2) is 0 Å². The highest BCUT2D eigenvalue weighted by atomic mass is 16.5. The normalized spacial score (nSPS) is 9.29. The lowest BCUT2D eigenvalue weighted by Crippen LogP contribution is -2.32. The molecule has 0 aliphatic rings. The highest BCUT2D eigenvalue weighted by Crippen LogP contribution is 1.97. The van der Waals surface area contributed by atoms with Crippen LogP contribution in [0, 0.1) is 0 Å². The molecule has 0 rings (SSSR count). The Morgan fingerprint density at radius 3 is 2.50 bits per heavy atom. The molecule has 4 nitrogen and oxygen atoms in total. The Morgan fingerprint density at radius 1 is 1.43 bits per heavy atom. The van der Waals surface area contributed by atoms with Crippen molar-refractivity contribution in [1.82, 2.24) is 4.90 Å². The number of ether oxygens (including phenoxy) is 1. The van der Waals surface area contributed by atoms with Crippen molar-refractivity contribution in [1.29, 1.82) is 0 Å². The lowest BCUT2D eigenvalue weighted by Gasteiger charge is -2.19. The standard InChI is InChI=1S/C10H17NO3/c1-4-7-11(9(12)5-2)8-6-10(13)14-3/h5H,2,4,6-8H2,1,3H3. The Hall–Kier alpha value is -1.32. The van der Waals surface area contributed by atoms with Crippen LogP contribution in [0.25, 0.3) is 0 Å². The van der Waals surface area contributed by atoms with Crippen molar-refractivity contribution >= 4 is 11.9 Å². The van der Waals surface area contributed by atoms with Crippen molar-refractivity contribution in [3.63, 3.8) is 0 Å². The lowest BCUT2D eigenvalue weighted by molar-refractivity contribution is -0.141. The number of carbonyl (C=O) groups is 2. The minimum absolute atomic E-state index is 0.143. The highest BCUT2D eigenvalue weighted by Gasteiger charge is 2.10. The summed E-state index contributed by atoms with van der Waals surface area (Å²) in [7, 11) is 1.34. The molecule has 0 spiro atoms. The summed E-state index contributed by atoms with van der Waals surface area (Å²) in [5.41, 5.74) is 0. The molecule has 0 fully saturated rings. The van der Waals surface area contributed by atoms with E-state index in [0.717, 1.165) is 6.42 Å². The molecule has 80 valence electrons. The zero-order valence-corrected chi connectivity index (χ0v) is 8.78. The molecule has 0 aromatic heterocycles. The van der Waals surface area contributed by atoms with Crippen LogP contribution in [0.1, 0.15) is 19.8 Å². The average molecular weight is 199 g/mol. The molecular weight excluding hydrogens is 182 g/mol. The van der Waals surface area contributed by atoms with Crippen LogP contribution in [0.4, 0.5) is 0 Å². The Labute approximate surface area is 84.5 Å². The van der Waals surface area contributed by atoms with Crippen molar-refractivity contribution in [3.05, 3.63) is 12.7 Å². The zero-order chi connectivity index (χ0) is 11.0. The van der Waals surface area contributed by atoms with E-state index in [0.29, 0.717) is 13.1 Å². The number of methoxy groups -OCH3 is 1. The van der Waals surface area contributed by atoms with Crippen LogP contribution in [0.2, 0.25) is 0 Å². The fourth-order valence-electron chi connectivity index (χ4n) is 1.06. The van der Waals surface area contributed by atoms with Gasteiger partial charge in [0.2, 0.25) is 5.91 Å². The largest absolute Gasteiger partial charge is 0.469 e. The molecule has 0 heterocycles. The molecule has 0 radical (unpaired) electrons. The second-order valence-electron chi connectivity index (χ2n) is 2.86. The summed E-state index contributed by atoms with van der Waals surface area (Å²) in [6.07, 6.45) is 2.35. The summed E-state index contributed by atoms with van der Waals surface area (Å²) >= 11 is 0. The first-order valence-electron chi connectivity index (χ1n) is 4.63. The predicted octanol–water partition coefficient (Wildman–Crippen LogP) is 0.974. The summed E-state index contributed by atoms with van der Waals surface area (Å²) in [4.78, 5) is 23.7. The first-order valence-corrected chi connectivity index (χ1v) is 4.63. The molecule has 0 saturated carbocycles. The minimum atomic E-state index is -0.303. The number of amides is 1. The third-order valence-corrected chi connectivity index (χ3v) is 1.79. The van der Waals surface area contributed by atoms with Gasteiger partial charge in [0.1, 0.15) is 0 Å². The molecule has 0 unspecified atom stereocenters. The fraction of sp³-hybridized carbons (Fsp3) is 0.600. The number of esters is 1. The maximum absolute atomic E-state index is 11.3. The highest BCUT2D eigenvalue weighted by molar-refractivity contribution is 5.87. The van der Waals surface area contributed by atoms with Crippen molar-refractivity contribution in [2.75, 3.05) is 20.2 Å². The fourth-order valence-corrected chi connectivity index (χ4v) is 1.06. The molecule has 0 saturated heterocycles. The van der Waals surface area contributed by atoms with E-state index in [1.807, 2.05) is 6.92 Å². The summed E-state index contributed by atoms with van der Waals surface area (Å²) in [6, 6.07) is 0. The lowest BCUT2D eigenvalue weighted by atomic mass is 10.3. The second-order valence-corrected chi connectivity index (χ2v) is 2.86. The Bertz CT molecular complexity index is 213. The van der Waals surface area contributed by atoms with Gasteiger partial charge in [-0.15, -0.1) is 0 Å². The average Bonchev–Trinajstić information content (AvgIpc) is 2.22. The first-order chi connectivity index (χ1) is 6.65. The van der Waals surface area contributed by atoms with Crippen molar-refractivity contribution in [2.24, 2.45) is 0 Å². The number of rotatable bonds is 6. The Balaban J connectivity index is 4.02. The van der Waals surface area contributed by atoms with Crippen LogP contribution < -0.4 is 0 Å². The topological polar surface area (TPSA) is 46.6 Å². The smallest absolute Gasteiger partial charge is 0.307 e. The van der Waals surface area contributed by atoms with Crippen molar-refractivity contribution in [2.45, 2.75) is 19.8 Å². The maximum Gasteiger partial charge on any atom is 0.307 e. The SMILES string of the molecule is C=CC(=O)N(CCC)CCC(=O)OC. The van der Waals surface area contributed by atoms with Gasteiger partial charge in [0.05, 0.1) is 13.5 Å². The number of hydrogen-bond donors (Lipinski definition) is 0. The van der Waals surface area contributed by atoms with Gasteiger partial charge < -0.3 is 9.64 Å². The van der Waals surface area contributed by atoms with E-state index in [1.165, 1.54) is 13.2 Å². The van der Waals surface area contributed by atoms with E-state index >= 15 is 0 Å².